The van der Waals surface area contributed by atoms with Crippen LogP contribution < -0.4 is 5.73 Å². The van der Waals surface area contributed by atoms with E-state index >= 15 is 0 Å². The van der Waals surface area contributed by atoms with Crippen molar-refractivity contribution in [3.8, 4) is 0 Å². The van der Waals surface area contributed by atoms with Crippen LogP contribution in [0.4, 0.5) is 0 Å². The molecule has 0 spiro atoms. The predicted octanol–water partition coefficient (Wildman–Crippen LogP) is 2.28. The molecule has 2 rings (SSSR count). The van der Waals surface area contributed by atoms with Gasteiger partial charge in [-0.15, -0.1) is 0 Å². The summed E-state index contributed by atoms with van der Waals surface area (Å²) in [6.45, 7) is 4.14. The molecule has 1 aliphatic rings. The Morgan fingerprint density at radius 2 is 1.90 bits per heavy atom. The average molecular weight is 310 g/mol. The Hall–Kier alpha value is -1.10. The minimum absolute atomic E-state index is 0.00817. The number of likely N-dealkylation sites (N-methyl/N-ethyl adjacent to an activating group) is 1. The van der Waals surface area contributed by atoms with E-state index in [9.17, 15) is 4.79 Å². The van der Waals surface area contributed by atoms with Crippen LogP contribution in [0.1, 0.15) is 31.4 Å². The lowest BCUT2D eigenvalue weighted by Gasteiger charge is -2.32. The number of halogens is 1. The first-order valence-corrected chi connectivity index (χ1v) is 7.86. The van der Waals surface area contributed by atoms with Crippen molar-refractivity contribution in [3.63, 3.8) is 0 Å². The summed E-state index contributed by atoms with van der Waals surface area (Å²) >= 11 is 5.94. The molecule has 2 atom stereocenters. The van der Waals surface area contributed by atoms with E-state index < -0.39 is 0 Å². The minimum atomic E-state index is -0.0671. The molecule has 1 fully saturated rings. The summed E-state index contributed by atoms with van der Waals surface area (Å²) in [5.41, 5.74) is 7.23. The molecule has 2 unspecified atom stereocenters. The highest BCUT2D eigenvalue weighted by Crippen LogP contribution is 2.24. The van der Waals surface area contributed by atoms with Gasteiger partial charge in [0, 0.05) is 30.2 Å². The lowest BCUT2D eigenvalue weighted by atomic mass is 9.99. The Balaban J connectivity index is 2.06. The minimum Gasteiger partial charge on any atom is -0.342 e. The predicted molar refractivity (Wildman–Crippen MR) is 86.3 cm³/mol. The molecular formula is C16H24ClN3O. The van der Waals surface area contributed by atoms with E-state index in [-0.39, 0.29) is 18.0 Å². The van der Waals surface area contributed by atoms with Crippen molar-refractivity contribution in [2.45, 2.75) is 31.8 Å². The van der Waals surface area contributed by atoms with Gasteiger partial charge in [0.05, 0.1) is 6.54 Å². The summed E-state index contributed by atoms with van der Waals surface area (Å²) in [6, 6.07) is 7.63. The van der Waals surface area contributed by atoms with Crippen molar-refractivity contribution < 1.29 is 4.79 Å². The van der Waals surface area contributed by atoms with Crippen LogP contribution in [0.5, 0.6) is 0 Å². The van der Waals surface area contributed by atoms with Crippen LogP contribution in [0.25, 0.3) is 0 Å². The fourth-order valence-corrected chi connectivity index (χ4v) is 3.12. The fourth-order valence-electron chi connectivity index (χ4n) is 3.00. The second-order valence-electron chi connectivity index (χ2n) is 5.86. The van der Waals surface area contributed by atoms with Gasteiger partial charge in [0.25, 0.3) is 0 Å². The van der Waals surface area contributed by atoms with Gasteiger partial charge in [0.15, 0.2) is 0 Å². The average Bonchev–Trinajstić information content (AvgIpc) is 2.95. The van der Waals surface area contributed by atoms with Gasteiger partial charge in [0.2, 0.25) is 5.91 Å². The Labute approximate surface area is 131 Å². The van der Waals surface area contributed by atoms with E-state index in [2.05, 4.69) is 0 Å². The van der Waals surface area contributed by atoms with E-state index in [1.807, 2.05) is 48.0 Å². The molecule has 1 saturated heterocycles. The zero-order valence-electron chi connectivity index (χ0n) is 12.8. The molecular weight excluding hydrogens is 286 g/mol. The molecule has 1 amide bonds. The molecule has 0 aliphatic carbocycles. The quantitative estimate of drug-likeness (QED) is 0.908. The highest BCUT2D eigenvalue weighted by molar-refractivity contribution is 6.30. The molecule has 0 aromatic heterocycles. The monoisotopic (exact) mass is 309 g/mol. The molecule has 0 saturated carbocycles. The SMILES string of the molecule is CC(N)C(c1ccc(Cl)cc1)N(C)CC(=O)N1CCCC1. The first-order valence-electron chi connectivity index (χ1n) is 7.48. The van der Waals surface area contributed by atoms with Gasteiger partial charge >= 0.3 is 0 Å². The molecule has 1 heterocycles. The Morgan fingerprint density at radius 3 is 2.43 bits per heavy atom. The topological polar surface area (TPSA) is 49.6 Å². The van der Waals surface area contributed by atoms with Gasteiger partial charge in [-0.1, -0.05) is 23.7 Å². The van der Waals surface area contributed by atoms with Gasteiger partial charge < -0.3 is 10.6 Å². The number of nitrogens with two attached hydrogens (primary N) is 1. The van der Waals surface area contributed by atoms with Crippen LogP contribution in [0, 0.1) is 0 Å². The molecule has 1 aliphatic heterocycles. The van der Waals surface area contributed by atoms with Gasteiger partial charge in [-0.3, -0.25) is 9.69 Å². The molecule has 4 nitrogen and oxygen atoms in total. The first-order chi connectivity index (χ1) is 9.99. The van der Waals surface area contributed by atoms with Crippen molar-refractivity contribution >= 4 is 17.5 Å². The largest absolute Gasteiger partial charge is 0.342 e. The zero-order chi connectivity index (χ0) is 15.4. The number of hydrogen-bond acceptors (Lipinski definition) is 3. The highest BCUT2D eigenvalue weighted by atomic mass is 35.5. The van der Waals surface area contributed by atoms with Crippen LogP contribution in [0.15, 0.2) is 24.3 Å². The van der Waals surface area contributed by atoms with Crippen LogP contribution >= 0.6 is 11.6 Å². The maximum Gasteiger partial charge on any atom is 0.236 e. The van der Waals surface area contributed by atoms with E-state index in [1.54, 1.807) is 0 Å². The summed E-state index contributed by atoms with van der Waals surface area (Å²) in [6.07, 6.45) is 2.23. The standard InChI is InChI=1S/C16H24ClN3O/c1-12(18)16(13-5-7-14(17)8-6-13)19(2)11-15(21)20-9-3-4-10-20/h5-8,12,16H,3-4,9-11,18H2,1-2H3. The third-order valence-electron chi connectivity index (χ3n) is 4.03. The molecule has 116 valence electrons. The van der Waals surface area contributed by atoms with Gasteiger partial charge in [-0.25, -0.2) is 0 Å². The van der Waals surface area contributed by atoms with E-state index in [4.69, 9.17) is 17.3 Å². The Kier molecular flexibility index (Phi) is 5.62. The molecule has 2 N–H and O–H groups in total. The number of benzene rings is 1. The Bertz CT molecular complexity index is 469. The Morgan fingerprint density at radius 1 is 1.33 bits per heavy atom. The van der Waals surface area contributed by atoms with E-state index in [0.717, 1.165) is 31.5 Å². The van der Waals surface area contributed by atoms with Gasteiger partial charge in [-0.2, -0.15) is 0 Å². The molecule has 0 bridgehead atoms. The molecule has 21 heavy (non-hydrogen) atoms. The van der Waals surface area contributed by atoms with Crippen molar-refractivity contribution in [1.82, 2.24) is 9.80 Å². The van der Waals surface area contributed by atoms with Crippen LogP contribution in [0.2, 0.25) is 5.02 Å². The van der Waals surface area contributed by atoms with E-state index in [1.165, 1.54) is 0 Å². The molecule has 0 radical (unpaired) electrons. The second-order valence-corrected chi connectivity index (χ2v) is 6.29. The maximum atomic E-state index is 12.3. The lowest BCUT2D eigenvalue weighted by Crippen LogP contribution is -2.43. The molecule has 5 heteroatoms. The van der Waals surface area contributed by atoms with Gasteiger partial charge in [-0.05, 0) is 44.5 Å². The van der Waals surface area contributed by atoms with Crippen molar-refractivity contribution in [1.29, 1.82) is 0 Å². The third kappa shape index (κ3) is 4.19. The fraction of sp³-hybridized carbons (Fsp3) is 0.562. The summed E-state index contributed by atoms with van der Waals surface area (Å²) < 4.78 is 0. The third-order valence-corrected chi connectivity index (χ3v) is 4.28. The highest BCUT2D eigenvalue weighted by Gasteiger charge is 2.25. The normalized spacial score (nSPS) is 18.0. The lowest BCUT2D eigenvalue weighted by molar-refractivity contribution is -0.131. The summed E-state index contributed by atoms with van der Waals surface area (Å²) in [7, 11) is 1.95. The summed E-state index contributed by atoms with van der Waals surface area (Å²) in [5.74, 6) is 0.189. The van der Waals surface area contributed by atoms with Gasteiger partial charge in [0.1, 0.15) is 0 Å². The number of carbonyl (C=O) groups excluding carboxylic acids is 1. The number of amides is 1. The molecule has 1 aromatic carbocycles. The van der Waals surface area contributed by atoms with Crippen LogP contribution in [0.3, 0.4) is 0 Å². The summed E-state index contributed by atoms with van der Waals surface area (Å²) in [5, 5.41) is 0.706. The van der Waals surface area contributed by atoms with Crippen LogP contribution in [-0.4, -0.2) is 48.4 Å². The number of carbonyl (C=O) groups is 1. The first kappa shape index (κ1) is 16.3. The van der Waals surface area contributed by atoms with Crippen molar-refractivity contribution in [2.75, 3.05) is 26.7 Å². The zero-order valence-corrected chi connectivity index (χ0v) is 13.5. The summed E-state index contributed by atoms with van der Waals surface area (Å²) in [4.78, 5) is 16.3. The number of likely N-dealkylation sites (tertiary alicyclic amines) is 1. The number of rotatable bonds is 5. The smallest absolute Gasteiger partial charge is 0.236 e. The number of nitrogens with zero attached hydrogens (tertiary/aromatic N) is 2. The maximum absolute atomic E-state index is 12.3. The second kappa shape index (κ2) is 7.25. The van der Waals surface area contributed by atoms with Crippen LogP contribution in [-0.2, 0) is 4.79 Å². The van der Waals surface area contributed by atoms with Crippen molar-refractivity contribution in [3.05, 3.63) is 34.9 Å². The van der Waals surface area contributed by atoms with E-state index in [0.29, 0.717) is 11.6 Å². The number of hydrogen-bond donors (Lipinski definition) is 1. The van der Waals surface area contributed by atoms with Crippen molar-refractivity contribution in [2.24, 2.45) is 5.73 Å². The molecule has 1 aromatic rings.